The molecular formula is C29H24Cl2Zr. The first-order valence-electron chi connectivity index (χ1n) is 10.5. The normalized spacial score (nSPS) is 14.2. The molecule has 0 aliphatic heterocycles. The molecule has 0 radical (unpaired) electrons. The van der Waals surface area contributed by atoms with Crippen LogP contribution in [0.3, 0.4) is 0 Å². The summed E-state index contributed by atoms with van der Waals surface area (Å²) in [6.07, 6.45) is 7.90. The number of hydrogen-bond donors (Lipinski definition) is 0. The van der Waals surface area contributed by atoms with Gasteiger partial charge in [0.1, 0.15) is 0 Å². The molecule has 0 aromatic heterocycles. The van der Waals surface area contributed by atoms with Gasteiger partial charge in [-0.15, -0.1) is 0 Å². The van der Waals surface area contributed by atoms with Crippen LogP contribution in [0.1, 0.15) is 37.3 Å². The number of fused-ring (bicyclic) bond motifs is 5. The Kier molecular flexibility index (Phi) is 7.26. The molecule has 0 saturated carbocycles. The third-order valence-corrected chi connectivity index (χ3v) is 7.07. The van der Waals surface area contributed by atoms with E-state index in [1.807, 2.05) is 0 Å². The van der Waals surface area contributed by atoms with E-state index in [4.69, 9.17) is 0 Å². The van der Waals surface area contributed by atoms with E-state index in [-0.39, 0.29) is 56.4 Å². The van der Waals surface area contributed by atoms with Crippen molar-refractivity contribution in [3.8, 4) is 11.1 Å². The second-order valence-corrected chi connectivity index (χ2v) is 9.05. The van der Waals surface area contributed by atoms with Gasteiger partial charge in [0.2, 0.25) is 0 Å². The quantitative estimate of drug-likeness (QED) is 0.369. The predicted molar refractivity (Wildman–Crippen MR) is 124 cm³/mol. The Morgan fingerprint density at radius 1 is 0.688 bits per heavy atom. The maximum atomic E-state index is 2.45. The molecule has 6 rings (SSSR count). The SMILES string of the molecule is CC(C)(C1=CC=CC1)C1c2cc3ccccc3cc2-c2cc3ccccc3cc21.[Cl-].[Cl-].[Zr+2]. The van der Waals surface area contributed by atoms with Gasteiger partial charge in [-0.2, -0.15) is 0 Å². The van der Waals surface area contributed by atoms with E-state index in [9.17, 15) is 0 Å². The summed E-state index contributed by atoms with van der Waals surface area (Å²) in [4.78, 5) is 0. The van der Waals surface area contributed by atoms with Crippen LogP contribution in [0.25, 0.3) is 32.7 Å². The Balaban J connectivity index is 0.000000963. The van der Waals surface area contributed by atoms with Gasteiger partial charge in [0, 0.05) is 5.92 Å². The molecule has 0 fully saturated rings. The first-order chi connectivity index (χ1) is 14.1. The molecule has 158 valence electrons. The van der Waals surface area contributed by atoms with Crippen LogP contribution in [-0.4, -0.2) is 0 Å². The predicted octanol–water partition coefficient (Wildman–Crippen LogP) is 2.02. The standard InChI is InChI=1S/C29H24.2ClH.Zr/c1-29(2,23-13-7-8-14-23)28-26-17-21-11-5-3-9-19(21)15-24(26)25-16-20-10-4-6-12-22(20)18-27(25)28;;;/h3-13,15-18,28H,14H2,1-2H3;2*1H;/q;;;+2/p-2. The Bertz CT molecular complexity index is 1280. The molecule has 0 atom stereocenters. The Hall–Kier alpha value is -1.66. The van der Waals surface area contributed by atoms with Crippen LogP contribution < -0.4 is 24.8 Å². The summed E-state index contributed by atoms with van der Waals surface area (Å²) >= 11 is 0. The van der Waals surface area contributed by atoms with Crippen molar-refractivity contribution in [2.24, 2.45) is 5.41 Å². The van der Waals surface area contributed by atoms with Gasteiger partial charge in [0.05, 0.1) is 0 Å². The van der Waals surface area contributed by atoms with Crippen LogP contribution in [0.4, 0.5) is 0 Å². The molecule has 0 heterocycles. The van der Waals surface area contributed by atoms with Crippen LogP contribution in [0.15, 0.2) is 96.6 Å². The molecule has 0 spiro atoms. The second kappa shape index (κ2) is 9.30. The molecule has 0 unspecified atom stereocenters. The van der Waals surface area contributed by atoms with Gasteiger partial charge in [-0.25, -0.2) is 0 Å². The van der Waals surface area contributed by atoms with Crippen molar-refractivity contribution in [2.75, 3.05) is 0 Å². The molecule has 0 amide bonds. The minimum atomic E-state index is 0. The van der Waals surface area contributed by atoms with E-state index in [0.717, 1.165) is 6.42 Å². The average molecular weight is 535 g/mol. The maximum absolute atomic E-state index is 2.45. The molecule has 0 bridgehead atoms. The number of benzene rings is 4. The van der Waals surface area contributed by atoms with Gasteiger partial charge in [0.15, 0.2) is 0 Å². The van der Waals surface area contributed by atoms with Crippen LogP contribution in [-0.2, 0) is 26.2 Å². The van der Waals surface area contributed by atoms with Crippen molar-refractivity contribution in [1.82, 2.24) is 0 Å². The summed E-state index contributed by atoms with van der Waals surface area (Å²) in [6.45, 7) is 4.86. The fourth-order valence-corrected chi connectivity index (χ4v) is 5.52. The van der Waals surface area contributed by atoms with E-state index >= 15 is 0 Å². The maximum Gasteiger partial charge on any atom is 2.00 e. The smallest absolute Gasteiger partial charge is 1.00 e. The topological polar surface area (TPSA) is 0 Å². The van der Waals surface area contributed by atoms with Gasteiger partial charge in [-0.1, -0.05) is 86.2 Å². The minimum absolute atomic E-state index is 0. The zero-order valence-corrected chi connectivity index (χ0v) is 22.2. The minimum Gasteiger partial charge on any atom is -1.00 e. The molecule has 0 N–H and O–H groups in total. The molecule has 3 heteroatoms. The van der Waals surface area contributed by atoms with E-state index < -0.39 is 0 Å². The molecular weight excluding hydrogens is 510 g/mol. The second-order valence-electron chi connectivity index (χ2n) is 9.05. The summed E-state index contributed by atoms with van der Waals surface area (Å²) in [5, 5.41) is 5.32. The van der Waals surface area contributed by atoms with E-state index in [2.05, 4.69) is 105 Å². The van der Waals surface area contributed by atoms with Gasteiger partial charge >= 0.3 is 26.2 Å². The van der Waals surface area contributed by atoms with E-state index in [0.29, 0.717) is 5.92 Å². The number of halogens is 2. The zero-order chi connectivity index (χ0) is 19.6. The van der Waals surface area contributed by atoms with Crippen molar-refractivity contribution < 1.29 is 51.0 Å². The van der Waals surface area contributed by atoms with Gasteiger partial charge in [-0.05, 0) is 79.9 Å². The third kappa shape index (κ3) is 3.73. The van der Waals surface area contributed by atoms with Crippen LogP contribution in [0.2, 0.25) is 0 Å². The van der Waals surface area contributed by atoms with Crippen molar-refractivity contribution in [3.63, 3.8) is 0 Å². The van der Waals surface area contributed by atoms with E-state index in [1.54, 1.807) is 0 Å². The van der Waals surface area contributed by atoms with Gasteiger partial charge in [-0.3, -0.25) is 0 Å². The molecule has 0 saturated heterocycles. The van der Waals surface area contributed by atoms with Crippen LogP contribution in [0.5, 0.6) is 0 Å². The monoisotopic (exact) mass is 532 g/mol. The Morgan fingerprint density at radius 3 is 1.53 bits per heavy atom. The number of allylic oxidation sites excluding steroid dienone is 4. The summed E-state index contributed by atoms with van der Waals surface area (Å²) in [7, 11) is 0. The molecule has 32 heavy (non-hydrogen) atoms. The third-order valence-electron chi connectivity index (χ3n) is 7.07. The summed E-state index contributed by atoms with van der Waals surface area (Å²) < 4.78 is 0. The van der Waals surface area contributed by atoms with Crippen molar-refractivity contribution in [3.05, 3.63) is 108 Å². The largest absolute Gasteiger partial charge is 2.00 e. The van der Waals surface area contributed by atoms with Gasteiger partial charge in [0.25, 0.3) is 0 Å². The fraction of sp³-hybridized carbons (Fsp3) is 0.172. The number of hydrogen-bond acceptors (Lipinski definition) is 0. The molecule has 0 nitrogen and oxygen atoms in total. The Morgan fingerprint density at radius 2 is 1.12 bits per heavy atom. The van der Waals surface area contributed by atoms with Crippen molar-refractivity contribution >= 4 is 21.5 Å². The van der Waals surface area contributed by atoms with Crippen molar-refractivity contribution in [2.45, 2.75) is 26.2 Å². The fourth-order valence-electron chi connectivity index (χ4n) is 5.52. The van der Waals surface area contributed by atoms with E-state index in [1.165, 1.54) is 49.4 Å². The van der Waals surface area contributed by atoms with Crippen LogP contribution in [0, 0.1) is 5.41 Å². The summed E-state index contributed by atoms with van der Waals surface area (Å²) in [5.41, 5.74) is 7.37. The Labute approximate surface area is 221 Å². The summed E-state index contributed by atoms with van der Waals surface area (Å²) in [5.74, 6) is 0.368. The first-order valence-corrected chi connectivity index (χ1v) is 10.5. The molecule has 2 aliphatic carbocycles. The van der Waals surface area contributed by atoms with Crippen molar-refractivity contribution in [1.29, 1.82) is 0 Å². The zero-order valence-electron chi connectivity index (χ0n) is 18.2. The molecule has 4 aromatic carbocycles. The molecule has 2 aliphatic rings. The average Bonchev–Trinajstić information content (AvgIpc) is 3.38. The summed E-state index contributed by atoms with van der Waals surface area (Å²) in [6, 6.07) is 27.3. The number of rotatable bonds is 2. The van der Waals surface area contributed by atoms with Crippen LogP contribution >= 0.6 is 0 Å². The first kappa shape index (κ1) is 25.0. The molecule has 4 aromatic rings. The van der Waals surface area contributed by atoms with Gasteiger partial charge < -0.3 is 24.8 Å².